The predicted molar refractivity (Wildman–Crippen MR) is 77.5 cm³/mol. The maximum atomic E-state index is 5.79. The van der Waals surface area contributed by atoms with Crippen LogP contribution in [0.15, 0.2) is 22.5 Å². The fourth-order valence-electron chi connectivity index (χ4n) is 0.816. The molecule has 0 aliphatic heterocycles. The largest absolute Gasteiger partial charge is 0.382 e. The molecule has 0 N–H and O–H groups in total. The molecular formula is C10H24O3Si3. The Balaban J connectivity index is 4.20. The van der Waals surface area contributed by atoms with Gasteiger partial charge in [0.1, 0.15) is 0 Å². The van der Waals surface area contributed by atoms with Gasteiger partial charge in [-0.05, 0) is 27.7 Å². The summed E-state index contributed by atoms with van der Waals surface area (Å²) < 4.78 is 17.0. The van der Waals surface area contributed by atoms with Crippen molar-refractivity contribution >= 4 is 30.0 Å². The van der Waals surface area contributed by atoms with Crippen LogP contribution in [-0.2, 0) is 13.3 Å². The first-order valence-electron chi connectivity index (χ1n) is 5.54. The van der Waals surface area contributed by atoms with Crippen LogP contribution in [0.2, 0.25) is 0 Å². The van der Waals surface area contributed by atoms with Crippen LogP contribution in [0.25, 0.3) is 0 Å². The summed E-state index contributed by atoms with van der Waals surface area (Å²) in [5, 5.41) is 2.64. The van der Waals surface area contributed by atoms with Gasteiger partial charge in [0.05, 0.1) is 0 Å². The standard InChI is InChI=1S/C10H24O3Si3/c1-6-8(3)15-12-10(5,11-14)13-16-9(4)7-2/h6-7H,15-16H2,1-5,14H3. The minimum atomic E-state index is -0.792. The van der Waals surface area contributed by atoms with Crippen molar-refractivity contribution in [3.05, 3.63) is 22.5 Å². The van der Waals surface area contributed by atoms with E-state index in [2.05, 4.69) is 26.0 Å². The SMILES string of the molecule is CC=C(C)[SiH2]OC(C)(O[SiH3])O[SiH2]C(C)=CC. The molecule has 0 aromatic heterocycles. The highest BCUT2D eigenvalue weighted by Crippen LogP contribution is 2.13. The summed E-state index contributed by atoms with van der Waals surface area (Å²) in [5.74, 6) is -0.792. The van der Waals surface area contributed by atoms with Crippen LogP contribution in [0.5, 0.6) is 0 Å². The van der Waals surface area contributed by atoms with Crippen LogP contribution >= 0.6 is 0 Å². The first-order valence-corrected chi connectivity index (χ1v) is 8.92. The second-order valence-electron chi connectivity index (χ2n) is 3.91. The summed E-state index contributed by atoms with van der Waals surface area (Å²) in [5.41, 5.74) is 0. The van der Waals surface area contributed by atoms with Gasteiger partial charge in [-0.2, -0.15) is 0 Å². The zero-order valence-corrected chi connectivity index (χ0v) is 16.1. The summed E-state index contributed by atoms with van der Waals surface area (Å²) in [6.07, 6.45) is 4.18. The number of allylic oxidation sites excluding steroid dienone is 4. The first kappa shape index (κ1) is 16.0. The molecule has 0 radical (unpaired) electrons. The van der Waals surface area contributed by atoms with Crippen molar-refractivity contribution < 1.29 is 13.3 Å². The lowest BCUT2D eigenvalue weighted by Gasteiger charge is -2.30. The van der Waals surface area contributed by atoms with Crippen molar-refractivity contribution in [2.75, 3.05) is 0 Å². The van der Waals surface area contributed by atoms with E-state index < -0.39 is 25.5 Å². The van der Waals surface area contributed by atoms with Crippen LogP contribution in [0.3, 0.4) is 0 Å². The highest BCUT2D eigenvalue weighted by atomic mass is 28.2. The maximum Gasteiger partial charge on any atom is 0.250 e. The van der Waals surface area contributed by atoms with E-state index in [1.54, 1.807) is 0 Å². The molecular weight excluding hydrogens is 252 g/mol. The van der Waals surface area contributed by atoms with E-state index in [1.807, 2.05) is 20.8 Å². The van der Waals surface area contributed by atoms with E-state index in [0.717, 1.165) is 0 Å². The van der Waals surface area contributed by atoms with E-state index in [0.29, 0.717) is 10.5 Å². The molecule has 0 fully saturated rings. The summed E-state index contributed by atoms with van der Waals surface area (Å²) in [6, 6.07) is 0. The Morgan fingerprint density at radius 2 is 1.44 bits per heavy atom. The van der Waals surface area contributed by atoms with Gasteiger partial charge >= 0.3 is 0 Å². The average molecular weight is 277 g/mol. The highest BCUT2D eigenvalue weighted by Gasteiger charge is 2.24. The highest BCUT2D eigenvalue weighted by molar-refractivity contribution is 6.39. The van der Waals surface area contributed by atoms with E-state index in [1.165, 1.54) is 10.4 Å². The fraction of sp³-hybridized carbons (Fsp3) is 0.600. The molecule has 0 rings (SSSR count). The molecule has 0 aliphatic rings. The Morgan fingerprint density at radius 1 is 1.06 bits per heavy atom. The topological polar surface area (TPSA) is 27.7 Å². The van der Waals surface area contributed by atoms with Crippen molar-refractivity contribution in [2.45, 2.75) is 40.6 Å². The Hall–Kier alpha value is 0.0106. The van der Waals surface area contributed by atoms with Crippen LogP contribution in [-0.4, -0.2) is 36.0 Å². The molecule has 6 heteroatoms. The molecule has 0 aromatic carbocycles. The van der Waals surface area contributed by atoms with Crippen molar-refractivity contribution in [3.63, 3.8) is 0 Å². The first-order chi connectivity index (χ1) is 7.47. The molecule has 0 aliphatic carbocycles. The molecule has 0 saturated carbocycles. The lowest BCUT2D eigenvalue weighted by molar-refractivity contribution is -0.238. The van der Waals surface area contributed by atoms with Gasteiger partial charge in [-0.25, -0.2) is 0 Å². The normalized spacial score (nSPS) is 19.1. The molecule has 0 aromatic rings. The van der Waals surface area contributed by atoms with Crippen molar-refractivity contribution in [1.29, 1.82) is 0 Å². The maximum absolute atomic E-state index is 5.79. The van der Waals surface area contributed by atoms with Crippen LogP contribution in [0.1, 0.15) is 34.6 Å². The van der Waals surface area contributed by atoms with Gasteiger partial charge in [-0.1, -0.05) is 22.5 Å². The molecule has 0 spiro atoms. The smallest absolute Gasteiger partial charge is 0.250 e. The summed E-state index contributed by atoms with van der Waals surface area (Å²) >= 11 is 0. The fourth-order valence-corrected chi connectivity index (χ4v) is 3.41. The Kier molecular flexibility index (Phi) is 8.16. The molecule has 16 heavy (non-hydrogen) atoms. The zero-order chi connectivity index (χ0) is 12.6. The molecule has 0 bridgehead atoms. The molecule has 0 atom stereocenters. The van der Waals surface area contributed by atoms with Gasteiger partial charge in [0.15, 0.2) is 30.0 Å². The Bertz CT molecular complexity index is 242. The van der Waals surface area contributed by atoms with Gasteiger partial charge in [-0.15, -0.1) is 0 Å². The van der Waals surface area contributed by atoms with Crippen LogP contribution < -0.4 is 0 Å². The Labute approximate surface area is 107 Å². The number of hydrogen-bond acceptors (Lipinski definition) is 3. The van der Waals surface area contributed by atoms with Crippen LogP contribution in [0, 0.1) is 0 Å². The molecule has 3 nitrogen and oxygen atoms in total. The lowest BCUT2D eigenvalue weighted by Crippen LogP contribution is -2.38. The lowest BCUT2D eigenvalue weighted by atomic mass is 10.6. The second kappa shape index (κ2) is 8.15. The van der Waals surface area contributed by atoms with Gasteiger partial charge in [0.2, 0.25) is 5.97 Å². The minimum absolute atomic E-state index is 0.625. The molecule has 94 valence electrons. The van der Waals surface area contributed by atoms with Gasteiger partial charge in [0.25, 0.3) is 0 Å². The second-order valence-corrected chi connectivity index (χ2v) is 7.71. The summed E-state index contributed by atoms with van der Waals surface area (Å²) in [6.45, 7) is 10.1. The monoisotopic (exact) mass is 276 g/mol. The minimum Gasteiger partial charge on any atom is -0.382 e. The predicted octanol–water partition coefficient (Wildman–Crippen LogP) is 0.00530. The summed E-state index contributed by atoms with van der Waals surface area (Å²) in [4.78, 5) is 0. The molecule has 0 amide bonds. The molecule has 0 saturated heterocycles. The van der Waals surface area contributed by atoms with E-state index in [9.17, 15) is 0 Å². The third-order valence-electron chi connectivity index (χ3n) is 2.48. The van der Waals surface area contributed by atoms with Gasteiger partial charge in [-0.3, -0.25) is 0 Å². The Morgan fingerprint density at radius 3 is 1.69 bits per heavy atom. The van der Waals surface area contributed by atoms with Crippen LogP contribution in [0.4, 0.5) is 0 Å². The van der Waals surface area contributed by atoms with Crippen molar-refractivity contribution in [2.24, 2.45) is 0 Å². The third-order valence-corrected chi connectivity index (χ3v) is 6.29. The summed E-state index contributed by atoms with van der Waals surface area (Å²) in [7, 11) is -0.764. The van der Waals surface area contributed by atoms with Gasteiger partial charge < -0.3 is 13.3 Å². The number of rotatable bonds is 7. The zero-order valence-electron chi connectivity index (χ0n) is 11.3. The van der Waals surface area contributed by atoms with Crippen molar-refractivity contribution in [1.82, 2.24) is 0 Å². The van der Waals surface area contributed by atoms with Gasteiger partial charge in [0, 0.05) is 6.92 Å². The van der Waals surface area contributed by atoms with Crippen molar-refractivity contribution in [3.8, 4) is 0 Å². The third kappa shape index (κ3) is 6.56. The molecule has 0 unspecified atom stereocenters. The van der Waals surface area contributed by atoms with E-state index in [4.69, 9.17) is 13.3 Å². The number of hydrogen-bond donors (Lipinski definition) is 0. The average Bonchev–Trinajstić information content (AvgIpc) is 2.32. The van der Waals surface area contributed by atoms with E-state index >= 15 is 0 Å². The van der Waals surface area contributed by atoms with E-state index in [-0.39, 0.29) is 0 Å². The molecule has 0 heterocycles. The quantitative estimate of drug-likeness (QED) is 0.484.